The van der Waals surface area contributed by atoms with Crippen LogP contribution in [0, 0.1) is 61.6 Å². The van der Waals surface area contributed by atoms with Gasteiger partial charge in [-0.15, -0.1) is 0 Å². The molecule has 0 bridgehead atoms. The Morgan fingerprint density at radius 3 is 0.469 bits per heavy atom. The maximum Gasteiger partial charge on any atom is 0.123 e. The van der Waals surface area contributed by atoms with Crippen LogP contribution in [-0.2, 0) is 32.5 Å². The fourth-order valence-corrected chi connectivity index (χ4v) is 5.77. The van der Waals surface area contributed by atoms with Crippen molar-refractivity contribution in [2.24, 2.45) is 0 Å². The van der Waals surface area contributed by atoms with Gasteiger partial charge in [-0.2, -0.15) is 0 Å². The molecule has 3 aromatic carbocycles. The summed E-state index contributed by atoms with van der Waals surface area (Å²) in [6, 6.07) is 12.5. The zero-order valence-corrected chi connectivity index (χ0v) is 38.5. The molecule has 3 N–H and O–H groups in total. The number of aromatic hydroxyl groups is 3. The van der Waals surface area contributed by atoms with Gasteiger partial charge in [0.1, 0.15) is 17.2 Å². The van der Waals surface area contributed by atoms with E-state index in [-0.39, 0.29) is 73.3 Å². The van der Waals surface area contributed by atoms with Crippen LogP contribution < -0.4 is 0 Å². The summed E-state index contributed by atoms with van der Waals surface area (Å²) >= 11 is 0. The molecule has 3 nitrogen and oxygen atoms in total. The van der Waals surface area contributed by atoms with Crippen molar-refractivity contribution >= 4 is 0 Å². The van der Waals surface area contributed by atoms with Crippen molar-refractivity contribution in [1.29, 1.82) is 0 Å². The van der Waals surface area contributed by atoms with Gasteiger partial charge in [0.15, 0.2) is 0 Å². The first-order valence-electron chi connectivity index (χ1n) is 17.6. The van der Waals surface area contributed by atoms with Crippen LogP contribution in [0.15, 0.2) is 36.4 Å². The molecule has 0 aliphatic heterocycles. The Morgan fingerprint density at radius 2 is 0.388 bits per heavy atom. The van der Waals surface area contributed by atoms with Gasteiger partial charge in [0.25, 0.3) is 0 Å². The van der Waals surface area contributed by atoms with Crippen molar-refractivity contribution in [3.8, 4) is 17.2 Å². The Hall–Kier alpha value is -1.59. The van der Waals surface area contributed by atoms with Crippen molar-refractivity contribution in [2.45, 2.75) is 178 Å². The quantitative estimate of drug-likeness (QED) is 0.212. The maximum absolute atomic E-state index is 10.4. The second kappa shape index (κ2) is 16.4. The van der Waals surface area contributed by atoms with Crippen LogP contribution in [0.4, 0.5) is 0 Å². The molecule has 0 radical (unpaired) electrons. The summed E-state index contributed by atoms with van der Waals surface area (Å²) < 4.78 is 0. The van der Waals surface area contributed by atoms with Gasteiger partial charge in [-0.25, -0.2) is 0 Å². The molecule has 274 valence electrons. The molecule has 0 heterocycles. The molecule has 3 rings (SSSR count). The molecule has 0 amide bonds. The first kappa shape index (κ1) is 47.4. The Labute approximate surface area is 335 Å². The third-order valence-corrected chi connectivity index (χ3v) is 8.61. The molecule has 0 saturated heterocycles. The minimum Gasteiger partial charge on any atom is -0.507 e. The molecular weight excluding hydrogens is 733 g/mol. The molecule has 0 spiro atoms. The fraction of sp³-hybridized carbons (Fsp3) is 0.600. The monoisotopic (exact) mass is 802 g/mol. The Balaban J connectivity index is 0.000000698. The van der Waals surface area contributed by atoms with E-state index < -0.39 is 0 Å². The van der Waals surface area contributed by atoms with Crippen LogP contribution in [0.3, 0.4) is 0 Å². The second-order valence-corrected chi connectivity index (χ2v) is 20.1. The van der Waals surface area contributed by atoms with Crippen molar-refractivity contribution in [1.82, 2.24) is 0 Å². The summed E-state index contributed by atoms with van der Waals surface area (Å²) in [4.78, 5) is 0. The predicted octanol–water partition coefficient (Wildman–Crippen LogP) is 12.9. The van der Waals surface area contributed by atoms with Crippen LogP contribution in [0.1, 0.15) is 175 Å². The van der Waals surface area contributed by atoms with E-state index in [1.807, 2.05) is 0 Å². The SMILES string of the molecule is Cc1cc(C(C)(C)C)c(O)c(C(C)(C)C)c1.Cc1cc(C(C)(C)C)c(O)c(C(C)(C)C)c1.Cc1cc(C(C)(C)C)c(O)c(C(C)(C)C)c1.[Nd]. The average Bonchev–Trinajstić information content (AvgIpc) is 2.84. The number of phenols is 3. The number of benzene rings is 3. The van der Waals surface area contributed by atoms with Gasteiger partial charge in [-0.1, -0.05) is 178 Å². The Morgan fingerprint density at radius 1 is 0.286 bits per heavy atom. The number of hydrogen-bond donors (Lipinski definition) is 3. The molecule has 0 unspecified atom stereocenters. The smallest absolute Gasteiger partial charge is 0.123 e. The van der Waals surface area contributed by atoms with Gasteiger partial charge in [0, 0.05) is 40.8 Å². The third kappa shape index (κ3) is 13.5. The predicted molar refractivity (Wildman–Crippen MR) is 211 cm³/mol. The van der Waals surface area contributed by atoms with E-state index in [0.29, 0.717) is 17.2 Å². The summed E-state index contributed by atoms with van der Waals surface area (Å²) in [5, 5.41) is 31.2. The minimum atomic E-state index is -0.0178. The van der Waals surface area contributed by atoms with Crippen LogP contribution >= 0.6 is 0 Å². The molecule has 0 fully saturated rings. The molecule has 0 atom stereocenters. The average molecular weight is 805 g/mol. The first-order valence-corrected chi connectivity index (χ1v) is 17.6. The number of phenolic OH excluding ortho intramolecular Hbond substituents is 3. The van der Waals surface area contributed by atoms with E-state index in [4.69, 9.17) is 0 Å². The van der Waals surface area contributed by atoms with E-state index in [2.05, 4.69) is 182 Å². The molecule has 3 aromatic rings. The molecule has 49 heavy (non-hydrogen) atoms. The zero-order valence-electron chi connectivity index (χ0n) is 35.3. The molecule has 0 aromatic heterocycles. The van der Waals surface area contributed by atoms with Gasteiger partial charge in [0.05, 0.1) is 0 Å². The van der Waals surface area contributed by atoms with E-state index in [0.717, 1.165) is 33.4 Å². The van der Waals surface area contributed by atoms with Gasteiger partial charge in [0.2, 0.25) is 0 Å². The Bertz CT molecular complexity index is 1260. The van der Waals surface area contributed by atoms with Crippen molar-refractivity contribution in [3.05, 3.63) is 86.5 Å². The van der Waals surface area contributed by atoms with Gasteiger partial charge >= 0.3 is 0 Å². The Kier molecular flexibility index (Phi) is 15.9. The molecule has 0 aliphatic carbocycles. The van der Waals surface area contributed by atoms with Crippen LogP contribution in [-0.4, -0.2) is 15.3 Å². The van der Waals surface area contributed by atoms with Gasteiger partial charge < -0.3 is 15.3 Å². The van der Waals surface area contributed by atoms with Gasteiger partial charge in [-0.05, 0) is 86.6 Å². The zero-order chi connectivity index (χ0) is 38.2. The minimum absolute atomic E-state index is 0. The van der Waals surface area contributed by atoms with Crippen molar-refractivity contribution < 1.29 is 56.2 Å². The summed E-state index contributed by atoms with van der Waals surface area (Å²) in [5.41, 5.74) is 9.78. The first-order chi connectivity index (χ1) is 21.1. The fourth-order valence-electron chi connectivity index (χ4n) is 5.77. The van der Waals surface area contributed by atoms with E-state index in [1.165, 1.54) is 16.7 Å². The number of aryl methyl sites for hydroxylation is 3. The maximum atomic E-state index is 10.4. The standard InChI is InChI=1S/3C15H24O.Nd/c3*1-10-8-11(14(2,3)4)13(16)12(9-10)15(5,6)7;/h3*8-9,16H,1-7H3;. The summed E-state index contributed by atoms with van der Waals surface area (Å²) in [5.74, 6) is 1.39. The third-order valence-electron chi connectivity index (χ3n) is 8.61. The molecule has 0 aliphatic rings. The van der Waals surface area contributed by atoms with Crippen molar-refractivity contribution in [3.63, 3.8) is 0 Å². The van der Waals surface area contributed by atoms with Crippen LogP contribution in [0.2, 0.25) is 0 Å². The summed E-state index contributed by atoms with van der Waals surface area (Å²) in [7, 11) is 0. The number of hydrogen-bond acceptors (Lipinski definition) is 3. The van der Waals surface area contributed by atoms with Crippen molar-refractivity contribution in [2.75, 3.05) is 0 Å². The second-order valence-electron chi connectivity index (χ2n) is 20.1. The van der Waals surface area contributed by atoms with E-state index in [1.54, 1.807) is 0 Å². The van der Waals surface area contributed by atoms with Crippen LogP contribution in [0.25, 0.3) is 0 Å². The van der Waals surface area contributed by atoms with E-state index in [9.17, 15) is 15.3 Å². The molecule has 4 heteroatoms. The summed E-state index contributed by atoms with van der Waals surface area (Å²) in [6.45, 7) is 44.7. The summed E-state index contributed by atoms with van der Waals surface area (Å²) in [6.07, 6.45) is 0. The largest absolute Gasteiger partial charge is 0.507 e. The topological polar surface area (TPSA) is 60.7 Å². The normalized spacial score (nSPS) is 12.7. The van der Waals surface area contributed by atoms with Gasteiger partial charge in [-0.3, -0.25) is 0 Å². The van der Waals surface area contributed by atoms with Crippen LogP contribution in [0.5, 0.6) is 17.2 Å². The molecule has 0 saturated carbocycles. The van der Waals surface area contributed by atoms with E-state index >= 15 is 0 Å². The molecular formula is C45H72NdO3. The number of rotatable bonds is 0.